The zero-order chi connectivity index (χ0) is 43.2. The van der Waals surface area contributed by atoms with Crippen molar-refractivity contribution in [2.24, 2.45) is 0 Å². The predicted molar refractivity (Wildman–Crippen MR) is 276 cm³/mol. The third-order valence-electron chi connectivity index (χ3n) is 14.3. The van der Waals surface area contributed by atoms with Crippen LogP contribution in [0.5, 0.6) is 0 Å². The van der Waals surface area contributed by atoms with Crippen molar-refractivity contribution in [3.8, 4) is 28.2 Å². The Hall–Kier alpha value is -8.93. The van der Waals surface area contributed by atoms with Gasteiger partial charge in [-0.15, -0.1) is 0 Å². The summed E-state index contributed by atoms with van der Waals surface area (Å²) in [5.41, 5.74) is 14.4. The molecular weight excluding hydrogens is 805 g/mol. The zero-order valence-corrected chi connectivity index (χ0v) is 35.5. The van der Waals surface area contributed by atoms with Crippen molar-refractivity contribution in [1.82, 2.24) is 18.1 Å². The van der Waals surface area contributed by atoms with Gasteiger partial charge in [0.1, 0.15) is 0 Å². The fourth-order valence-corrected chi connectivity index (χ4v) is 11.5. The molecule has 0 saturated heterocycles. The van der Waals surface area contributed by atoms with Gasteiger partial charge in [0.15, 0.2) is 0 Å². The van der Waals surface area contributed by atoms with E-state index < -0.39 is 0 Å². The number of nitrogens with zero attached hydrogens (tertiary/aromatic N) is 4. The van der Waals surface area contributed by atoms with E-state index in [-0.39, 0.29) is 5.56 Å². The molecule has 0 N–H and O–H groups in total. The summed E-state index contributed by atoms with van der Waals surface area (Å²) in [7, 11) is 0. The minimum absolute atomic E-state index is 0.0131. The molecule has 15 aromatic rings. The van der Waals surface area contributed by atoms with Crippen LogP contribution in [0.4, 0.5) is 0 Å². The molecule has 5 nitrogen and oxygen atoms in total. The van der Waals surface area contributed by atoms with E-state index in [1.165, 1.54) is 54.4 Å². The predicted octanol–water partition coefficient (Wildman–Crippen LogP) is 15.2. The van der Waals surface area contributed by atoms with E-state index in [2.05, 4.69) is 208 Å². The molecule has 66 heavy (non-hydrogen) atoms. The summed E-state index contributed by atoms with van der Waals surface area (Å²) in [4.78, 5) is 14.3. The second-order valence-electron chi connectivity index (χ2n) is 17.6. The maximum Gasteiger partial charge on any atom is 0.263 e. The monoisotopic (exact) mass is 840 g/mol. The lowest BCUT2D eigenvalue weighted by Gasteiger charge is -2.15. The van der Waals surface area contributed by atoms with E-state index in [1.54, 1.807) is 0 Å². The number of para-hydroxylation sites is 7. The van der Waals surface area contributed by atoms with Crippen molar-refractivity contribution in [2.75, 3.05) is 0 Å². The van der Waals surface area contributed by atoms with Gasteiger partial charge in [0.2, 0.25) is 0 Å². The van der Waals surface area contributed by atoms with Crippen LogP contribution in [0.2, 0.25) is 0 Å². The first-order valence-corrected chi connectivity index (χ1v) is 22.6. The third-order valence-corrected chi connectivity index (χ3v) is 14.3. The van der Waals surface area contributed by atoms with Gasteiger partial charge >= 0.3 is 0 Å². The van der Waals surface area contributed by atoms with Gasteiger partial charge in [0.05, 0.1) is 49.8 Å². The van der Waals surface area contributed by atoms with Gasteiger partial charge < -0.3 is 13.7 Å². The third kappa shape index (κ3) is 4.65. The molecule has 10 aromatic carbocycles. The fraction of sp³-hybridized carbons (Fsp3) is 0. The second kappa shape index (κ2) is 13.1. The number of hydrogen-bond acceptors (Lipinski definition) is 1. The maximum atomic E-state index is 14.3. The zero-order valence-electron chi connectivity index (χ0n) is 35.5. The van der Waals surface area contributed by atoms with Gasteiger partial charge in [0.25, 0.3) is 5.56 Å². The van der Waals surface area contributed by atoms with Crippen LogP contribution in [0.1, 0.15) is 0 Å². The summed E-state index contributed by atoms with van der Waals surface area (Å²) >= 11 is 0. The number of pyridine rings is 1. The number of benzene rings is 10. The molecule has 0 bridgehead atoms. The molecule has 0 unspecified atom stereocenters. The van der Waals surface area contributed by atoms with E-state index in [0.717, 1.165) is 71.8 Å². The molecule has 15 rings (SSSR count). The average Bonchev–Trinajstić information content (AvgIpc) is 4.10. The maximum absolute atomic E-state index is 14.3. The standard InChI is InChI=1S/C61H36N4O/c66-61-47-31-29-37(33-48(47)46-23-14-22-45-41-18-5-13-28-56(41)65(61)60(45)46)40-17-4-9-24-52(40)64-55-27-12-8-19-42(55)49-34-39(30-32-57(49)64)63-54-26-11-7-21-44(54)51-35-50-43-20-6-10-25-53(43)62(58(50)36-59(51)63)38-15-2-1-3-16-38/h1-36H. The van der Waals surface area contributed by atoms with Crippen LogP contribution in [0.25, 0.3) is 132 Å². The van der Waals surface area contributed by atoms with Gasteiger partial charge in [-0.3, -0.25) is 9.20 Å². The Kier molecular flexibility index (Phi) is 7.03. The molecule has 0 fully saturated rings. The van der Waals surface area contributed by atoms with E-state index in [1.807, 2.05) is 28.7 Å². The highest BCUT2D eigenvalue weighted by atomic mass is 16.1. The van der Waals surface area contributed by atoms with Gasteiger partial charge in [-0.1, -0.05) is 133 Å². The van der Waals surface area contributed by atoms with Crippen LogP contribution >= 0.6 is 0 Å². The van der Waals surface area contributed by atoms with Gasteiger partial charge in [-0.25, -0.2) is 0 Å². The Morgan fingerprint density at radius 2 is 0.788 bits per heavy atom. The lowest BCUT2D eigenvalue weighted by molar-refractivity contribution is 1.16. The Bertz CT molecular complexity index is 4600. The van der Waals surface area contributed by atoms with Crippen LogP contribution in [0.3, 0.4) is 0 Å². The van der Waals surface area contributed by atoms with Crippen molar-refractivity contribution >= 4 is 103 Å². The van der Waals surface area contributed by atoms with E-state index >= 15 is 0 Å². The number of aromatic nitrogens is 4. The topological polar surface area (TPSA) is 36.3 Å². The van der Waals surface area contributed by atoms with Crippen molar-refractivity contribution in [1.29, 1.82) is 0 Å². The first-order valence-electron chi connectivity index (χ1n) is 22.6. The highest BCUT2D eigenvalue weighted by molar-refractivity contribution is 6.22. The molecule has 306 valence electrons. The Balaban J connectivity index is 0.956. The number of hydrogen-bond donors (Lipinski definition) is 0. The molecule has 0 spiro atoms. The van der Waals surface area contributed by atoms with E-state index in [4.69, 9.17) is 0 Å². The summed E-state index contributed by atoms with van der Waals surface area (Å²) in [6, 6.07) is 78.5. The normalized spacial score (nSPS) is 12.3. The van der Waals surface area contributed by atoms with E-state index in [9.17, 15) is 4.79 Å². The van der Waals surface area contributed by atoms with Gasteiger partial charge in [-0.2, -0.15) is 0 Å². The smallest absolute Gasteiger partial charge is 0.263 e. The molecule has 0 amide bonds. The highest BCUT2D eigenvalue weighted by Crippen LogP contribution is 2.43. The summed E-state index contributed by atoms with van der Waals surface area (Å²) < 4.78 is 9.18. The summed E-state index contributed by atoms with van der Waals surface area (Å²) in [5.74, 6) is 0. The molecule has 5 heterocycles. The lowest BCUT2D eigenvalue weighted by atomic mass is 9.97. The summed E-state index contributed by atoms with van der Waals surface area (Å²) in [5, 5.41) is 12.3. The van der Waals surface area contributed by atoms with Gasteiger partial charge in [0, 0.05) is 70.8 Å². The highest BCUT2D eigenvalue weighted by Gasteiger charge is 2.22. The first-order chi connectivity index (χ1) is 32.7. The number of fused-ring (bicyclic) bond motifs is 14. The molecule has 0 aliphatic carbocycles. The van der Waals surface area contributed by atoms with Crippen LogP contribution in [0.15, 0.2) is 223 Å². The first kappa shape index (κ1) is 35.5. The van der Waals surface area contributed by atoms with Crippen LogP contribution in [0, 0.1) is 0 Å². The van der Waals surface area contributed by atoms with Crippen LogP contribution in [-0.2, 0) is 0 Å². The molecule has 0 saturated carbocycles. The molecule has 5 aromatic heterocycles. The van der Waals surface area contributed by atoms with Crippen molar-refractivity contribution < 1.29 is 0 Å². The molecule has 5 heteroatoms. The minimum Gasteiger partial charge on any atom is -0.309 e. The van der Waals surface area contributed by atoms with E-state index in [0.29, 0.717) is 5.39 Å². The largest absolute Gasteiger partial charge is 0.309 e. The molecule has 0 aliphatic heterocycles. The summed E-state index contributed by atoms with van der Waals surface area (Å²) in [6.07, 6.45) is 0. The Morgan fingerprint density at radius 1 is 0.273 bits per heavy atom. The average molecular weight is 841 g/mol. The SMILES string of the molecule is O=c1c2ccc(-c3ccccc3-n3c4ccccc4c4cc(-n5c6ccccc6c6cc7c8ccccc8n(-c8ccccc8)c7cc65)ccc43)cc2c2cccc3c4ccccc4n1c23. The quantitative estimate of drug-likeness (QED) is 0.163. The molecule has 0 aliphatic rings. The Labute approximate surface area is 376 Å². The second-order valence-corrected chi connectivity index (χ2v) is 17.6. The molecule has 0 atom stereocenters. The van der Waals surface area contributed by atoms with Crippen molar-refractivity contribution in [2.45, 2.75) is 0 Å². The van der Waals surface area contributed by atoms with Gasteiger partial charge in [-0.05, 0) is 95.9 Å². The number of rotatable bonds is 4. The van der Waals surface area contributed by atoms with Crippen molar-refractivity contribution in [3.63, 3.8) is 0 Å². The molecule has 0 radical (unpaired) electrons. The Morgan fingerprint density at radius 3 is 1.48 bits per heavy atom. The van der Waals surface area contributed by atoms with Crippen molar-refractivity contribution in [3.05, 3.63) is 229 Å². The molecular formula is C61H36N4O. The summed E-state index contributed by atoms with van der Waals surface area (Å²) in [6.45, 7) is 0. The van der Waals surface area contributed by atoms with Crippen LogP contribution < -0.4 is 5.56 Å². The fourth-order valence-electron chi connectivity index (χ4n) is 11.5. The minimum atomic E-state index is 0.0131. The lowest BCUT2D eigenvalue weighted by Crippen LogP contribution is -2.12. The van der Waals surface area contributed by atoms with Crippen LogP contribution in [-0.4, -0.2) is 18.1 Å².